The molecule has 2 fully saturated rings. The Morgan fingerprint density at radius 2 is 1.44 bits per heavy atom. The number of halogens is 1. The molecule has 0 saturated carbocycles. The Hall–Kier alpha value is -2.23. The third-order valence-electron chi connectivity index (χ3n) is 5.95. The van der Waals surface area contributed by atoms with Crippen LogP contribution in [0.5, 0.6) is 0 Å². The van der Waals surface area contributed by atoms with Gasteiger partial charge in [-0.05, 0) is 5.56 Å². The van der Waals surface area contributed by atoms with E-state index in [1.54, 1.807) is 0 Å². The van der Waals surface area contributed by atoms with Crippen LogP contribution in [0, 0.1) is 0 Å². The minimum absolute atomic E-state index is 0.0799. The molecule has 1 aromatic carbocycles. The van der Waals surface area contributed by atoms with Crippen LogP contribution >= 0.6 is 0 Å². The fraction of sp³-hybridized carbons (Fsp3) is 0.652. The number of alkyl halides is 1. The second-order valence-electron chi connectivity index (χ2n) is 8.77. The van der Waals surface area contributed by atoms with Crippen molar-refractivity contribution >= 4 is 11.8 Å². The molecule has 12 nitrogen and oxygen atoms in total. The fourth-order valence-electron chi connectivity index (χ4n) is 4.13. The summed E-state index contributed by atoms with van der Waals surface area (Å²) in [5.41, 5.74) is 0.801. The summed E-state index contributed by atoms with van der Waals surface area (Å²) >= 11 is 0. The maximum absolute atomic E-state index is 14.4. The molecule has 0 spiro atoms. The summed E-state index contributed by atoms with van der Waals surface area (Å²) in [6, 6.07) is 6.67. The number of carbonyl (C=O) groups excluding carboxylic acids is 2. The van der Waals surface area contributed by atoms with Crippen molar-refractivity contribution in [1.82, 2.24) is 10.6 Å². The highest BCUT2D eigenvalue weighted by atomic mass is 19.1. The molecule has 0 aromatic heterocycles. The molecule has 10 atom stereocenters. The number of amides is 2. The lowest BCUT2D eigenvalue weighted by Gasteiger charge is -2.44. The number of aliphatic hydroxyl groups is 4. The van der Waals surface area contributed by atoms with E-state index in [-0.39, 0.29) is 6.61 Å². The molecular formula is C23H33FN2O10. The van der Waals surface area contributed by atoms with E-state index in [1.807, 2.05) is 30.3 Å². The van der Waals surface area contributed by atoms with E-state index in [0.29, 0.717) is 0 Å². The van der Waals surface area contributed by atoms with Crippen LogP contribution in [-0.2, 0) is 35.1 Å². The Labute approximate surface area is 207 Å². The summed E-state index contributed by atoms with van der Waals surface area (Å²) in [7, 11) is 0. The molecule has 2 aliphatic heterocycles. The van der Waals surface area contributed by atoms with Gasteiger partial charge in [0.1, 0.15) is 42.6 Å². The summed E-state index contributed by atoms with van der Waals surface area (Å²) < 4.78 is 37.0. The molecule has 2 aliphatic rings. The van der Waals surface area contributed by atoms with E-state index in [2.05, 4.69) is 10.6 Å². The van der Waals surface area contributed by atoms with Crippen LogP contribution in [0.3, 0.4) is 0 Å². The Balaban J connectivity index is 1.71. The van der Waals surface area contributed by atoms with Crippen molar-refractivity contribution in [2.45, 2.75) is 81.8 Å². The van der Waals surface area contributed by atoms with Gasteiger partial charge >= 0.3 is 0 Å². The number of nitrogens with one attached hydrogen (secondary N) is 2. The average molecular weight is 517 g/mol. The molecule has 36 heavy (non-hydrogen) atoms. The van der Waals surface area contributed by atoms with E-state index in [0.717, 1.165) is 12.5 Å². The zero-order valence-corrected chi connectivity index (χ0v) is 19.9. The molecule has 0 radical (unpaired) electrons. The monoisotopic (exact) mass is 516 g/mol. The molecule has 1 aromatic rings. The van der Waals surface area contributed by atoms with Crippen LogP contribution in [-0.4, -0.2) is 107 Å². The second-order valence-corrected chi connectivity index (χ2v) is 8.77. The van der Waals surface area contributed by atoms with Gasteiger partial charge in [-0.15, -0.1) is 0 Å². The fourth-order valence-corrected chi connectivity index (χ4v) is 4.13. The van der Waals surface area contributed by atoms with Crippen molar-refractivity contribution in [3.63, 3.8) is 0 Å². The first kappa shape index (κ1) is 28.3. The highest BCUT2D eigenvalue weighted by Gasteiger charge is 2.49. The lowest BCUT2D eigenvalue weighted by molar-refractivity contribution is -0.301. The van der Waals surface area contributed by atoms with Gasteiger partial charge in [-0.1, -0.05) is 30.3 Å². The van der Waals surface area contributed by atoms with Crippen molar-refractivity contribution in [3.8, 4) is 0 Å². The van der Waals surface area contributed by atoms with Crippen molar-refractivity contribution in [2.75, 3.05) is 13.2 Å². The molecule has 202 valence electrons. The number of benzene rings is 1. The first-order valence-corrected chi connectivity index (χ1v) is 11.5. The quantitative estimate of drug-likeness (QED) is 0.217. The molecule has 2 heterocycles. The average Bonchev–Trinajstić information content (AvgIpc) is 2.85. The molecule has 2 amide bonds. The number of rotatable bonds is 9. The Morgan fingerprint density at radius 3 is 2.03 bits per heavy atom. The van der Waals surface area contributed by atoms with Gasteiger partial charge in [0.2, 0.25) is 11.8 Å². The van der Waals surface area contributed by atoms with Gasteiger partial charge in [0.25, 0.3) is 0 Å². The van der Waals surface area contributed by atoms with Gasteiger partial charge in [-0.25, -0.2) is 4.39 Å². The van der Waals surface area contributed by atoms with E-state index in [4.69, 9.17) is 18.9 Å². The van der Waals surface area contributed by atoms with Crippen molar-refractivity contribution in [2.24, 2.45) is 0 Å². The summed E-state index contributed by atoms with van der Waals surface area (Å²) in [5.74, 6) is -1.06. The lowest BCUT2D eigenvalue weighted by Crippen LogP contribution is -2.66. The summed E-state index contributed by atoms with van der Waals surface area (Å²) in [4.78, 5) is 23.2. The van der Waals surface area contributed by atoms with Crippen LogP contribution in [0.15, 0.2) is 30.3 Å². The Morgan fingerprint density at radius 1 is 0.889 bits per heavy atom. The summed E-state index contributed by atoms with van der Waals surface area (Å²) in [6.45, 7) is 1.30. The lowest BCUT2D eigenvalue weighted by atomic mass is 9.96. The highest BCUT2D eigenvalue weighted by molar-refractivity contribution is 5.73. The zero-order valence-electron chi connectivity index (χ0n) is 19.9. The molecule has 2 unspecified atom stereocenters. The van der Waals surface area contributed by atoms with E-state index in [1.165, 1.54) is 6.92 Å². The smallest absolute Gasteiger partial charge is 0.217 e. The normalized spacial score (nSPS) is 36.8. The predicted octanol–water partition coefficient (Wildman–Crippen LogP) is -1.91. The number of hydrogen-bond donors (Lipinski definition) is 6. The first-order valence-electron chi connectivity index (χ1n) is 11.5. The third kappa shape index (κ3) is 6.95. The molecule has 0 aliphatic carbocycles. The number of carbonyl (C=O) groups is 2. The van der Waals surface area contributed by atoms with Crippen LogP contribution in [0.4, 0.5) is 4.39 Å². The molecular weight excluding hydrogens is 483 g/mol. The Kier molecular flexibility index (Phi) is 10.1. The first-order chi connectivity index (χ1) is 17.1. The molecule has 13 heteroatoms. The van der Waals surface area contributed by atoms with Gasteiger partial charge in [0.15, 0.2) is 18.8 Å². The minimum atomic E-state index is -1.99. The largest absolute Gasteiger partial charge is 0.394 e. The minimum Gasteiger partial charge on any atom is -0.394 e. The maximum Gasteiger partial charge on any atom is 0.217 e. The van der Waals surface area contributed by atoms with Gasteiger partial charge in [0.05, 0.1) is 19.8 Å². The van der Waals surface area contributed by atoms with Gasteiger partial charge in [-0.3, -0.25) is 9.59 Å². The molecule has 3 rings (SSSR count). The topological polar surface area (TPSA) is 176 Å². The predicted molar refractivity (Wildman–Crippen MR) is 120 cm³/mol. The van der Waals surface area contributed by atoms with Crippen LogP contribution in [0.2, 0.25) is 0 Å². The summed E-state index contributed by atoms with van der Waals surface area (Å²) in [6.07, 6.45) is -11.9. The van der Waals surface area contributed by atoms with Gasteiger partial charge in [0, 0.05) is 13.8 Å². The Bertz CT molecular complexity index is 865. The maximum atomic E-state index is 14.4. The van der Waals surface area contributed by atoms with Crippen molar-refractivity contribution < 1.29 is 53.4 Å². The number of aliphatic hydroxyl groups excluding tert-OH is 4. The third-order valence-corrected chi connectivity index (χ3v) is 5.95. The van der Waals surface area contributed by atoms with E-state index in [9.17, 15) is 34.4 Å². The standard InChI is InChI=1S/C23H33FN2O10/c1-11(28)25-17-20(31)16(24)14(8-27)35-22(17)34-10-15-19(30)21(32)18(26-12(2)29)23(36-15)33-9-13-6-4-3-5-7-13/h3-7,14-23,27,30-32H,8-10H2,1-2H3,(H,25,28)(H,26,29)/t14-,15-,16-,17-,18-,19+,20+,21-,22?,23?/m1/s1. The van der Waals surface area contributed by atoms with Crippen LogP contribution < -0.4 is 10.6 Å². The zero-order chi connectivity index (χ0) is 26.4. The number of ether oxygens (including phenoxy) is 4. The van der Waals surface area contributed by atoms with Crippen molar-refractivity contribution in [1.29, 1.82) is 0 Å². The number of hydrogen-bond acceptors (Lipinski definition) is 10. The van der Waals surface area contributed by atoms with Crippen molar-refractivity contribution in [3.05, 3.63) is 35.9 Å². The SMILES string of the molecule is CC(=O)N[C@H]1C(OCc2ccccc2)O[C@H](COC2O[C@H](CO)[C@@H](F)[C@H](O)[C@H]2NC(C)=O)[C@H](O)[C@@H]1O. The summed E-state index contributed by atoms with van der Waals surface area (Å²) in [5, 5.41) is 45.9. The van der Waals surface area contributed by atoms with Crippen LogP contribution in [0.25, 0.3) is 0 Å². The van der Waals surface area contributed by atoms with E-state index < -0.39 is 86.4 Å². The molecule has 2 saturated heterocycles. The second kappa shape index (κ2) is 12.8. The molecule has 0 bridgehead atoms. The van der Waals surface area contributed by atoms with Crippen LogP contribution in [0.1, 0.15) is 19.4 Å². The van der Waals surface area contributed by atoms with E-state index >= 15 is 0 Å². The van der Waals surface area contributed by atoms with Gasteiger partial charge < -0.3 is 50.0 Å². The highest BCUT2D eigenvalue weighted by Crippen LogP contribution is 2.27. The van der Waals surface area contributed by atoms with Gasteiger partial charge in [-0.2, -0.15) is 0 Å². The molecule has 6 N–H and O–H groups in total.